The molecule has 6 unspecified atom stereocenters. The Balaban J connectivity index is 0. The van der Waals surface area contributed by atoms with E-state index in [0.29, 0.717) is 105 Å². The molecular weight excluding hydrogens is 1880 g/mol. The summed E-state index contributed by atoms with van der Waals surface area (Å²) in [5.41, 5.74) is -6.29. The van der Waals surface area contributed by atoms with Crippen molar-refractivity contribution < 1.29 is 148 Å². The lowest BCUT2D eigenvalue weighted by Crippen LogP contribution is -2.41. The van der Waals surface area contributed by atoms with Crippen LogP contribution < -0.4 is 33.8 Å². The zero-order chi connectivity index (χ0) is 110. The molecule has 0 fully saturated rings. The number of ketones is 6. The van der Waals surface area contributed by atoms with Gasteiger partial charge in [0.2, 0.25) is 0 Å². The molecule has 37 nitrogen and oxygen atoms in total. The standard InChI is InChI=1S/C19H24O6.C19H32O5Si.C17H22O6.C16H20O6.C15H18O6.C13H18O5.C4H6O2.C2H4O/c1-5-12(2)18(22)17-14(20)11-15(25-19(17)23)13(3)9-7-6-8-10-16(21)24-4;1-8-14(20)17-15(21)12-16(24-18(17)22)13(2)10-9-11-23-25(6,7)19(3,4)5;1-4-12(18)16-13(19)10-14(23-17(16)21)11(2)8-6-5-7-9-15(20)22-3;1-4-11(17)15-12(18)9-13(22-16(15)20)10(2)7-5-6-8-14(19)21-3;1-3-10(16)14-11(17)8-12(21-15(14)20)9(2)6-4-5-7-13(18)19;1-3-9(15)12-10(16)7-11(18-13(12)17)8(2)5-4-6-14;1-3-4(5)6-2;1-2-3/h5-6,8,11,13,20H,7,9-10H2,1-4H3;12-13,21H,8-11H2,1-7H3;5,7,10-11,19H,4,6,8-9H2,1-3H3;6,8-10,18H,4-5,7H2,1-3H3;5,7-9,17H,3-4,6H2,1-2H3,(H,18,19);7-8,14,16H,3-6H2,1-2H3;3H,1H2,2H3;2H,1H3/b8-6+,12-5?;;7-5+;8-6+;7-5+;;;. The largest absolute Gasteiger partial charge is 0.507 e. The Kier molecular flexibility index (Phi) is 63.4. The second kappa shape index (κ2) is 69.1. The van der Waals surface area contributed by atoms with Crippen LogP contribution in [0.2, 0.25) is 18.1 Å². The van der Waals surface area contributed by atoms with Crippen LogP contribution in [-0.2, 0) is 52.1 Å². The molecule has 38 heteroatoms. The summed E-state index contributed by atoms with van der Waals surface area (Å²) in [5, 5.41) is 76.7. The second-order valence-electron chi connectivity index (χ2n) is 33.8. The van der Waals surface area contributed by atoms with E-state index in [1.54, 1.807) is 79.7 Å². The van der Waals surface area contributed by atoms with Crippen LogP contribution in [0.5, 0.6) is 34.5 Å². The van der Waals surface area contributed by atoms with Crippen molar-refractivity contribution in [3.05, 3.63) is 240 Å². The topological polar surface area (TPSA) is 594 Å². The number of rotatable bonds is 45. The van der Waals surface area contributed by atoms with E-state index >= 15 is 0 Å². The fourth-order valence-corrected chi connectivity index (χ4v) is 13.1. The quantitative estimate of drug-likeness (QED) is 0.00257. The van der Waals surface area contributed by atoms with Crippen molar-refractivity contribution in [3.63, 3.8) is 0 Å². The number of carboxylic acid groups (broad SMARTS) is 1. The number of carboxylic acids is 1. The minimum atomic E-state index is -1.75. The number of aliphatic hydroxyl groups excluding tert-OH is 1. The SMILES string of the molecule is C=CC(=O)OC.CC=C(C)C(=O)c1c(O)cc(C(C)CC/C=C/CC(=O)OC)oc1=O.CC=O.CCC(=O)c1c(O)cc(C(C)CC/C=C/C(=O)O)oc1=O.CCC(=O)c1c(O)cc(C(C)CC/C=C/C(=O)OC)oc1=O.CCC(=O)c1c(O)cc(C(C)CC/C=C/CC(=O)OC)oc1=O.CCC(=O)c1c(O)cc(C(C)CCCO)oc1=O.CCC(=O)c1c(O)cc(C(C)CCCO[Si](C)(C)C(C)(C)C)oc1=O. The van der Waals surface area contributed by atoms with Crippen molar-refractivity contribution in [1.82, 2.24) is 0 Å². The Morgan fingerprint density at radius 3 is 0.867 bits per heavy atom. The van der Waals surface area contributed by atoms with Gasteiger partial charge in [-0.3, -0.25) is 38.4 Å². The van der Waals surface area contributed by atoms with Crippen LogP contribution in [0.3, 0.4) is 0 Å². The number of Topliss-reactive ketones (excluding diaryl/α,β-unsaturated/α-hetero) is 6. The van der Waals surface area contributed by atoms with Crippen molar-refractivity contribution in [2.45, 2.75) is 293 Å². The summed E-state index contributed by atoms with van der Waals surface area (Å²) in [6.07, 6.45) is 24.9. The molecule has 0 amide bonds. The van der Waals surface area contributed by atoms with Gasteiger partial charge in [-0.1, -0.05) is 146 Å². The molecular formula is C105H144O37Si. The molecule has 0 bridgehead atoms. The molecule has 6 atom stereocenters. The Hall–Kier alpha value is -13.9. The Morgan fingerprint density at radius 1 is 0.399 bits per heavy atom. The number of carbonyl (C=O) groups excluding carboxylic acids is 11. The molecule has 0 aliphatic carbocycles. The zero-order valence-electron chi connectivity index (χ0n) is 86.3. The minimum Gasteiger partial charge on any atom is -0.507 e. The first kappa shape index (κ1) is 131. The van der Waals surface area contributed by atoms with E-state index in [2.05, 4.69) is 59.4 Å². The fraction of sp³-hybridized carbons (Fsp3) is 0.486. The van der Waals surface area contributed by atoms with Gasteiger partial charge in [0.25, 0.3) is 0 Å². The summed E-state index contributed by atoms with van der Waals surface area (Å²) in [4.78, 5) is 203. The lowest BCUT2D eigenvalue weighted by Gasteiger charge is -2.36. The van der Waals surface area contributed by atoms with Gasteiger partial charge in [0.05, 0.1) is 41.3 Å². The van der Waals surface area contributed by atoms with E-state index in [1.807, 2.05) is 46.8 Å². The third kappa shape index (κ3) is 47.5. The number of ether oxygens (including phenoxy) is 4. The summed E-state index contributed by atoms with van der Waals surface area (Å²) in [6.45, 7) is 38.8. The highest BCUT2D eigenvalue weighted by molar-refractivity contribution is 6.74. The number of hydrogen-bond donors (Lipinski definition) is 8. The van der Waals surface area contributed by atoms with Gasteiger partial charge in [-0.2, -0.15) is 0 Å². The summed E-state index contributed by atoms with van der Waals surface area (Å²) in [5.74, 6) is -5.99. The Bertz CT molecular complexity index is 5720. The molecule has 0 aliphatic heterocycles. The highest BCUT2D eigenvalue weighted by atomic mass is 28.4. The molecule has 8 N–H and O–H groups in total. The molecule has 0 saturated carbocycles. The third-order valence-corrected chi connectivity index (χ3v) is 26.5. The Morgan fingerprint density at radius 2 is 0.650 bits per heavy atom. The molecule has 6 aromatic rings. The number of hydrogen-bond acceptors (Lipinski definition) is 36. The van der Waals surface area contributed by atoms with Crippen LogP contribution in [0.15, 0.2) is 165 Å². The first-order chi connectivity index (χ1) is 67.1. The minimum absolute atomic E-state index is 0.0348. The van der Waals surface area contributed by atoms with Crippen LogP contribution in [0, 0.1) is 0 Å². The number of aliphatic hydroxyl groups is 1. The fourth-order valence-electron chi connectivity index (χ4n) is 12.0. The maximum atomic E-state index is 12.1. The van der Waals surface area contributed by atoms with E-state index in [-0.39, 0.29) is 178 Å². The molecule has 143 heavy (non-hydrogen) atoms. The number of aromatic hydroxyl groups is 6. The van der Waals surface area contributed by atoms with Crippen LogP contribution in [0.1, 0.15) is 372 Å². The molecule has 0 spiro atoms. The first-order valence-corrected chi connectivity index (χ1v) is 49.5. The Labute approximate surface area is 832 Å². The number of allylic oxidation sites excluding steroid dienone is 6. The summed E-state index contributed by atoms with van der Waals surface area (Å²) in [7, 11) is 3.52. The lowest BCUT2D eigenvalue weighted by molar-refractivity contribution is -0.140. The predicted molar refractivity (Wildman–Crippen MR) is 536 cm³/mol. The van der Waals surface area contributed by atoms with E-state index in [0.717, 1.165) is 31.3 Å². The molecule has 0 aliphatic rings. The molecule has 790 valence electrons. The van der Waals surface area contributed by atoms with Crippen molar-refractivity contribution in [1.29, 1.82) is 0 Å². The van der Waals surface area contributed by atoms with E-state index in [9.17, 15) is 112 Å². The van der Waals surface area contributed by atoms with E-state index < -0.39 is 94.7 Å². The van der Waals surface area contributed by atoms with Gasteiger partial charge in [0, 0.05) is 135 Å². The average molecular weight is 2030 g/mol. The molecule has 6 rings (SSSR count). The van der Waals surface area contributed by atoms with Gasteiger partial charge in [-0.25, -0.2) is 43.2 Å². The monoisotopic (exact) mass is 2020 g/mol. The summed E-state index contributed by atoms with van der Waals surface area (Å²) >= 11 is 0. The van der Waals surface area contributed by atoms with Crippen molar-refractivity contribution in [3.8, 4) is 34.5 Å². The molecule has 0 aromatic carbocycles. The average Bonchev–Trinajstić information content (AvgIpc) is 0.820. The molecule has 0 radical (unpaired) electrons. The first-order valence-electron chi connectivity index (χ1n) is 46.6. The summed E-state index contributed by atoms with van der Waals surface area (Å²) in [6, 6.07) is 7.93. The molecule has 6 heterocycles. The van der Waals surface area contributed by atoms with Crippen LogP contribution in [-0.4, -0.2) is 162 Å². The van der Waals surface area contributed by atoms with Crippen molar-refractivity contribution in [2.75, 3.05) is 41.7 Å². The highest BCUT2D eigenvalue weighted by Crippen LogP contribution is 2.38. The van der Waals surface area contributed by atoms with Crippen molar-refractivity contribution in [2.24, 2.45) is 0 Å². The highest BCUT2D eigenvalue weighted by Gasteiger charge is 2.37. The van der Waals surface area contributed by atoms with E-state index in [4.69, 9.17) is 45.9 Å². The predicted octanol–water partition coefficient (Wildman–Crippen LogP) is 18.7. The summed E-state index contributed by atoms with van der Waals surface area (Å²) < 4.78 is 54.7. The van der Waals surface area contributed by atoms with E-state index in [1.165, 1.54) is 83.9 Å². The second-order valence-corrected chi connectivity index (χ2v) is 38.6. The molecule has 0 saturated heterocycles. The third-order valence-electron chi connectivity index (χ3n) is 22.0. The van der Waals surface area contributed by atoms with Crippen molar-refractivity contribution >= 4 is 79.1 Å². The number of methoxy groups -OCH3 is 4. The smallest absolute Gasteiger partial charge is 0.351 e. The zero-order valence-corrected chi connectivity index (χ0v) is 87.3. The van der Waals surface area contributed by atoms with Gasteiger partial charge in [0.1, 0.15) is 109 Å². The van der Waals surface area contributed by atoms with Gasteiger partial charge in [0.15, 0.2) is 43.0 Å². The number of aliphatic carboxylic acids is 1. The maximum absolute atomic E-state index is 12.1. The number of carbonyl (C=O) groups is 12. The van der Waals surface area contributed by atoms with Gasteiger partial charge in [-0.15, -0.1) is 0 Å². The lowest BCUT2D eigenvalue weighted by atomic mass is 10.00. The number of esters is 4. The maximum Gasteiger partial charge on any atom is 0.351 e. The van der Waals surface area contributed by atoms with Crippen LogP contribution in [0.25, 0.3) is 0 Å². The normalized spacial score (nSPS) is 12.3. The van der Waals surface area contributed by atoms with Gasteiger partial charge >= 0.3 is 63.6 Å². The molecule has 6 aromatic heterocycles. The van der Waals surface area contributed by atoms with Crippen LogP contribution in [0.4, 0.5) is 0 Å². The van der Waals surface area contributed by atoms with Crippen LogP contribution >= 0.6 is 0 Å². The van der Waals surface area contributed by atoms with Gasteiger partial charge in [-0.05, 0) is 122 Å². The van der Waals surface area contributed by atoms with Gasteiger partial charge < -0.3 is 95.5 Å². The number of aldehydes is 1.